The number of ether oxygens (including phenoxy) is 1. The highest BCUT2D eigenvalue weighted by molar-refractivity contribution is 6.31. The summed E-state index contributed by atoms with van der Waals surface area (Å²) in [6, 6.07) is 11.8. The third-order valence-corrected chi connectivity index (χ3v) is 3.63. The first-order valence-electron chi connectivity index (χ1n) is 6.65. The second-order valence-electron chi connectivity index (χ2n) is 4.89. The number of rotatable bonds is 2. The molecule has 2 aromatic rings. The molecule has 0 atom stereocenters. The summed E-state index contributed by atoms with van der Waals surface area (Å²) in [7, 11) is 1.67. The van der Waals surface area contributed by atoms with Crippen LogP contribution in [0.25, 0.3) is 0 Å². The number of anilines is 2. The molecule has 3 rings (SSSR count). The smallest absolute Gasteiger partial charge is 0.264 e. The summed E-state index contributed by atoms with van der Waals surface area (Å²) < 4.78 is 5.35. The summed E-state index contributed by atoms with van der Waals surface area (Å²) in [5.74, 6) is 0.210. The van der Waals surface area contributed by atoms with E-state index in [1.807, 2.05) is 0 Å². The Labute approximate surface area is 132 Å². The summed E-state index contributed by atoms with van der Waals surface area (Å²) >= 11 is 5.88. The number of likely N-dealkylation sites (N-methyl/N-ethyl adjacent to an activating group) is 1. The van der Waals surface area contributed by atoms with Gasteiger partial charge in [-0.15, -0.1) is 0 Å². The fourth-order valence-corrected chi connectivity index (χ4v) is 2.37. The van der Waals surface area contributed by atoms with E-state index < -0.39 is 0 Å². The van der Waals surface area contributed by atoms with Crippen LogP contribution in [0.1, 0.15) is 10.4 Å². The molecular formula is C16H13ClN2O3. The van der Waals surface area contributed by atoms with E-state index in [2.05, 4.69) is 5.32 Å². The van der Waals surface area contributed by atoms with Crippen LogP contribution in [0, 0.1) is 0 Å². The predicted octanol–water partition coefficient (Wildman–Crippen LogP) is 2.95. The van der Waals surface area contributed by atoms with Gasteiger partial charge in [-0.3, -0.25) is 9.59 Å². The minimum Gasteiger partial charge on any atom is -0.482 e. The Kier molecular flexibility index (Phi) is 3.73. The number of halogens is 1. The molecule has 1 aliphatic heterocycles. The fourth-order valence-electron chi connectivity index (χ4n) is 2.18. The first-order valence-corrected chi connectivity index (χ1v) is 7.03. The number of benzene rings is 2. The Morgan fingerprint density at radius 1 is 1.27 bits per heavy atom. The molecule has 2 amide bonds. The molecule has 0 saturated carbocycles. The SMILES string of the molecule is CN1C(=O)COc2ccc(NC(=O)c3cccc(Cl)c3)cc21. The maximum Gasteiger partial charge on any atom is 0.264 e. The van der Waals surface area contributed by atoms with E-state index in [-0.39, 0.29) is 18.4 Å². The second kappa shape index (κ2) is 5.69. The van der Waals surface area contributed by atoms with Crippen LogP contribution < -0.4 is 15.0 Å². The van der Waals surface area contributed by atoms with Crippen molar-refractivity contribution in [1.29, 1.82) is 0 Å². The Hall–Kier alpha value is -2.53. The van der Waals surface area contributed by atoms with Gasteiger partial charge in [0.2, 0.25) is 0 Å². The summed E-state index contributed by atoms with van der Waals surface area (Å²) in [5.41, 5.74) is 1.67. The van der Waals surface area contributed by atoms with Crippen molar-refractivity contribution < 1.29 is 14.3 Å². The molecule has 0 saturated heterocycles. The Morgan fingerprint density at radius 2 is 2.09 bits per heavy atom. The standard InChI is InChI=1S/C16H13ClN2O3/c1-19-13-8-12(5-6-14(13)22-9-15(19)20)18-16(21)10-3-2-4-11(17)7-10/h2-8H,9H2,1H3,(H,18,21). The molecule has 0 aromatic heterocycles. The summed E-state index contributed by atoms with van der Waals surface area (Å²) in [4.78, 5) is 25.4. The minimum absolute atomic E-state index is 0.0255. The van der Waals surface area contributed by atoms with Gasteiger partial charge >= 0.3 is 0 Å². The van der Waals surface area contributed by atoms with Gasteiger partial charge in [0.15, 0.2) is 6.61 Å². The van der Waals surface area contributed by atoms with Crippen molar-refractivity contribution in [3.05, 3.63) is 53.1 Å². The van der Waals surface area contributed by atoms with Crippen molar-refractivity contribution in [2.24, 2.45) is 0 Å². The van der Waals surface area contributed by atoms with Gasteiger partial charge in [-0.25, -0.2) is 0 Å². The molecule has 5 nitrogen and oxygen atoms in total. The lowest BCUT2D eigenvalue weighted by Gasteiger charge is -2.26. The number of fused-ring (bicyclic) bond motifs is 1. The highest BCUT2D eigenvalue weighted by atomic mass is 35.5. The molecule has 2 aromatic carbocycles. The number of nitrogens with zero attached hydrogens (tertiary/aromatic N) is 1. The van der Waals surface area contributed by atoms with Crippen molar-refractivity contribution >= 4 is 34.8 Å². The van der Waals surface area contributed by atoms with Gasteiger partial charge in [0.05, 0.1) is 5.69 Å². The molecule has 112 valence electrons. The largest absolute Gasteiger partial charge is 0.482 e. The van der Waals surface area contributed by atoms with Crippen molar-refractivity contribution in [3.63, 3.8) is 0 Å². The van der Waals surface area contributed by atoms with Gasteiger partial charge in [-0.1, -0.05) is 17.7 Å². The van der Waals surface area contributed by atoms with Crippen LogP contribution in [-0.2, 0) is 4.79 Å². The summed E-state index contributed by atoms with van der Waals surface area (Å²) in [6.45, 7) is 0.0255. The van der Waals surface area contributed by atoms with Gasteiger partial charge in [0.1, 0.15) is 5.75 Å². The number of hydrogen-bond donors (Lipinski definition) is 1. The third kappa shape index (κ3) is 2.76. The Morgan fingerprint density at radius 3 is 2.86 bits per heavy atom. The first-order chi connectivity index (χ1) is 10.5. The van der Waals surface area contributed by atoms with Crippen LogP contribution in [0.15, 0.2) is 42.5 Å². The zero-order chi connectivity index (χ0) is 15.7. The van der Waals surface area contributed by atoms with E-state index >= 15 is 0 Å². The quantitative estimate of drug-likeness (QED) is 0.926. The van der Waals surface area contributed by atoms with E-state index in [4.69, 9.17) is 16.3 Å². The highest BCUT2D eigenvalue weighted by Gasteiger charge is 2.22. The van der Waals surface area contributed by atoms with Gasteiger partial charge in [-0.05, 0) is 36.4 Å². The average Bonchev–Trinajstić information content (AvgIpc) is 2.51. The fraction of sp³-hybridized carbons (Fsp3) is 0.125. The molecule has 0 unspecified atom stereocenters. The molecule has 6 heteroatoms. The molecule has 0 aliphatic carbocycles. The van der Waals surface area contributed by atoms with Crippen LogP contribution in [0.5, 0.6) is 5.75 Å². The van der Waals surface area contributed by atoms with E-state index in [1.54, 1.807) is 49.5 Å². The van der Waals surface area contributed by atoms with Gasteiger partial charge in [-0.2, -0.15) is 0 Å². The second-order valence-corrected chi connectivity index (χ2v) is 5.32. The number of amides is 2. The van der Waals surface area contributed by atoms with Crippen molar-refractivity contribution in [2.45, 2.75) is 0 Å². The maximum absolute atomic E-state index is 12.2. The monoisotopic (exact) mass is 316 g/mol. The number of carbonyl (C=O) groups is 2. The number of hydrogen-bond acceptors (Lipinski definition) is 3. The van der Waals surface area contributed by atoms with E-state index in [1.165, 1.54) is 4.90 Å². The molecule has 1 aliphatic rings. The van der Waals surface area contributed by atoms with Crippen LogP contribution in [-0.4, -0.2) is 25.5 Å². The van der Waals surface area contributed by atoms with E-state index in [0.717, 1.165) is 0 Å². The zero-order valence-electron chi connectivity index (χ0n) is 11.8. The topological polar surface area (TPSA) is 58.6 Å². The number of nitrogens with one attached hydrogen (secondary N) is 1. The van der Waals surface area contributed by atoms with Gasteiger partial charge < -0.3 is 15.0 Å². The molecule has 1 heterocycles. The molecule has 0 bridgehead atoms. The third-order valence-electron chi connectivity index (χ3n) is 3.39. The molecular weight excluding hydrogens is 304 g/mol. The normalized spacial score (nSPS) is 13.4. The zero-order valence-corrected chi connectivity index (χ0v) is 12.6. The lowest BCUT2D eigenvalue weighted by molar-refractivity contribution is -0.120. The molecule has 22 heavy (non-hydrogen) atoms. The maximum atomic E-state index is 12.2. The lowest BCUT2D eigenvalue weighted by Crippen LogP contribution is -2.35. The van der Waals surface area contributed by atoms with Crippen LogP contribution >= 0.6 is 11.6 Å². The van der Waals surface area contributed by atoms with Crippen LogP contribution in [0.4, 0.5) is 11.4 Å². The van der Waals surface area contributed by atoms with Gasteiger partial charge in [0, 0.05) is 23.3 Å². The van der Waals surface area contributed by atoms with Gasteiger partial charge in [0.25, 0.3) is 11.8 Å². The molecule has 0 spiro atoms. The summed E-state index contributed by atoms with van der Waals surface area (Å²) in [5, 5.41) is 3.28. The minimum atomic E-state index is -0.270. The lowest BCUT2D eigenvalue weighted by atomic mass is 10.2. The molecule has 0 radical (unpaired) electrons. The van der Waals surface area contributed by atoms with Crippen molar-refractivity contribution in [3.8, 4) is 5.75 Å². The van der Waals surface area contributed by atoms with Crippen LogP contribution in [0.2, 0.25) is 5.02 Å². The Bertz CT molecular complexity index is 761. The number of carbonyl (C=O) groups excluding carboxylic acids is 2. The Balaban J connectivity index is 1.84. The van der Waals surface area contributed by atoms with E-state index in [0.29, 0.717) is 27.7 Å². The van der Waals surface area contributed by atoms with Crippen molar-refractivity contribution in [2.75, 3.05) is 23.9 Å². The molecule has 0 fully saturated rings. The van der Waals surface area contributed by atoms with Crippen molar-refractivity contribution in [1.82, 2.24) is 0 Å². The first kappa shape index (κ1) is 14.4. The molecule has 1 N–H and O–H groups in total. The highest BCUT2D eigenvalue weighted by Crippen LogP contribution is 2.33. The van der Waals surface area contributed by atoms with E-state index in [9.17, 15) is 9.59 Å². The summed E-state index contributed by atoms with van der Waals surface area (Å²) in [6.07, 6.45) is 0. The predicted molar refractivity (Wildman–Crippen MR) is 84.8 cm³/mol. The van der Waals surface area contributed by atoms with Crippen LogP contribution in [0.3, 0.4) is 0 Å². The average molecular weight is 317 g/mol.